The van der Waals surface area contributed by atoms with Crippen molar-refractivity contribution < 1.29 is 13.9 Å². The molecular weight excluding hydrogens is 312 g/mol. The lowest BCUT2D eigenvalue weighted by atomic mass is 9.70. The zero-order valence-electron chi connectivity index (χ0n) is 13.5. The molecule has 0 radical (unpaired) electrons. The molecule has 1 aromatic heterocycles. The van der Waals surface area contributed by atoms with Crippen molar-refractivity contribution in [1.82, 2.24) is 10.2 Å². The number of hydrogen-bond donors (Lipinski definition) is 1. The summed E-state index contributed by atoms with van der Waals surface area (Å²) >= 11 is 1.69. The number of nitrogens with zero attached hydrogens (tertiary/aromatic N) is 1. The lowest BCUT2D eigenvalue weighted by Crippen LogP contribution is -2.70. The SMILES string of the molecule is CSCc1ccc(C(=O)N[C@H]2[C@H]3CCO[C@H]3[C@@H]2N2CCCC2)o1. The monoisotopic (exact) mass is 336 g/mol. The minimum Gasteiger partial charge on any atom is -0.455 e. The molecule has 0 spiro atoms. The molecule has 1 amide bonds. The molecule has 2 saturated heterocycles. The summed E-state index contributed by atoms with van der Waals surface area (Å²) in [7, 11) is 0. The Bertz CT molecular complexity index is 565. The summed E-state index contributed by atoms with van der Waals surface area (Å²) in [5.41, 5.74) is 0. The van der Waals surface area contributed by atoms with Gasteiger partial charge in [0.15, 0.2) is 5.76 Å². The molecule has 6 heteroatoms. The number of likely N-dealkylation sites (tertiary alicyclic amines) is 1. The Morgan fingerprint density at radius 2 is 2.22 bits per heavy atom. The lowest BCUT2D eigenvalue weighted by molar-refractivity contribution is -0.0749. The molecule has 3 heterocycles. The van der Waals surface area contributed by atoms with Crippen LogP contribution in [0.15, 0.2) is 16.5 Å². The lowest BCUT2D eigenvalue weighted by Gasteiger charge is -2.51. The predicted octanol–water partition coefficient (Wildman–Crippen LogP) is 2.12. The summed E-state index contributed by atoms with van der Waals surface area (Å²) in [6.07, 6.45) is 5.89. The van der Waals surface area contributed by atoms with Gasteiger partial charge in [-0.3, -0.25) is 9.69 Å². The fraction of sp³-hybridized carbons (Fsp3) is 0.706. The van der Waals surface area contributed by atoms with E-state index < -0.39 is 0 Å². The summed E-state index contributed by atoms with van der Waals surface area (Å²) in [5, 5.41) is 3.23. The zero-order chi connectivity index (χ0) is 15.8. The van der Waals surface area contributed by atoms with Crippen molar-refractivity contribution in [2.45, 2.75) is 43.2 Å². The van der Waals surface area contributed by atoms with Crippen LogP contribution in [0.1, 0.15) is 35.6 Å². The second kappa shape index (κ2) is 6.49. The highest BCUT2D eigenvalue weighted by molar-refractivity contribution is 7.97. The van der Waals surface area contributed by atoms with Gasteiger partial charge in [-0.25, -0.2) is 0 Å². The summed E-state index contributed by atoms with van der Waals surface area (Å²) in [4.78, 5) is 15.0. The van der Waals surface area contributed by atoms with Crippen LogP contribution in [0.5, 0.6) is 0 Å². The minimum atomic E-state index is -0.0862. The Labute approximate surface area is 141 Å². The van der Waals surface area contributed by atoms with Crippen LogP contribution in [0.4, 0.5) is 0 Å². The standard InChI is InChI=1S/C17H24N2O3S/c1-23-10-11-4-5-13(22-11)17(20)18-14-12-6-9-21-16(12)15(14)19-7-2-3-8-19/h4-5,12,14-16H,2-3,6-10H2,1H3,(H,18,20)/t12-,14+,15-,16-/m1/s1. The van der Waals surface area contributed by atoms with Gasteiger partial charge in [0.25, 0.3) is 5.91 Å². The van der Waals surface area contributed by atoms with Crippen LogP contribution in [0.25, 0.3) is 0 Å². The van der Waals surface area contributed by atoms with Crippen LogP contribution in [0, 0.1) is 5.92 Å². The average Bonchev–Trinajstić information content (AvgIpc) is 3.26. The summed E-state index contributed by atoms with van der Waals surface area (Å²) in [6, 6.07) is 4.22. The molecule has 2 aliphatic heterocycles. The van der Waals surface area contributed by atoms with Gasteiger partial charge in [-0.1, -0.05) is 0 Å². The van der Waals surface area contributed by atoms with E-state index in [4.69, 9.17) is 9.15 Å². The Kier molecular flexibility index (Phi) is 4.39. The molecule has 23 heavy (non-hydrogen) atoms. The maximum Gasteiger partial charge on any atom is 0.287 e. The van der Waals surface area contributed by atoms with E-state index in [9.17, 15) is 4.79 Å². The Morgan fingerprint density at radius 1 is 1.39 bits per heavy atom. The highest BCUT2D eigenvalue weighted by Crippen LogP contribution is 2.43. The van der Waals surface area contributed by atoms with Crippen LogP contribution in [0.2, 0.25) is 0 Å². The van der Waals surface area contributed by atoms with Crippen LogP contribution in [-0.2, 0) is 10.5 Å². The van der Waals surface area contributed by atoms with Gasteiger partial charge in [0.2, 0.25) is 0 Å². The molecule has 1 saturated carbocycles. The third-order valence-electron chi connectivity index (χ3n) is 5.38. The van der Waals surface area contributed by atoms with Crippen LogP contribution >= 0.6 is 11.8 Å². The van der Waals surface area contributed by atoms with Gasteiger partial charge < -0.3 is 14.5 Å². The number of nitrogens with one attached hydrogen (secondary N) is 1. The quantitative estimate of drug-likeness (QED) is 0.893. The first-order valence-electron chi connectivity index (χ1n) is 8.52. The molecule has 0 unspecified atom stereocenters. The number of carbonyl (C=O) groups excluding carboxylic acids is 1. The smallest absolute Gasteiger partial charge is 0.287 e. The maximum atomic E-state index is 12.5. The zero-order valence-corrected chi connectivity index (χ0v) is 14.3. The number of rotatable bonds is 5. The molecule has 1 aliphatic carbocycles. The van der Waals surface area contributed by atoms with E-state index in [1.165, 1.54) is 12.8 Å². The van der Waals surface area contributed by atoms with E-state index >= 15 is 0 Å². The van der Waals surface area contributed by atoms with Crippen LogP contribution in [0.3, 0.4) is 0 Å². The summed E-state index contributed by atoms with van der Waals surface area (Å²) in [6.45, 7) is 3.08. The van der Waals surface area contributed by atoms with E-state index in [0.29, 0.717) is 23.8 Å². The molecule has 4 atom stereocenters. The van der Waals surface area contributed by atoms with Gasteiger partial charge in [0.05, 0.1) is 23.9 Å². The fourth-order valence-corrected chi connectivity index (χ4v) is 4.72. The summed E-state index contributed by atoms with van der Waals surface area (Å²) in [5.74, 6) is 2.46. The van der Waals surface area contributed by atoms with Crippen molar-refractivity contribution in [2.75, 3.05) is 26.0 Å². The third-order valence-corrected chi connectivity index (χ3v) is 5.95. The minimum absolute atomic E-state index is 0.0862. The summed E-state index contributed by atoms with van der Waals surface area (Å²) < 4.78 is 11.6. The Morgan fingerprint density at radius 3 is 3.00 bits per heavy atom. The van der Waals surface area contributed by atoms with E-state index in [1.807, 2.05) is 12.3 Å². The topological polar surface area (TPSA) is 54.7 Å². The second-order valence-electron chi connectivity index (χ2n) is 6.72. The number of amides is 1. The molecule has 4 rings (SSSR count). The van der Waals surface area contributed by atoms with Crippen LogP contribution < -0.4 is 5.32 Å². The molecule has 126 valence electrons. The number of furan rings is 1. The van der Waals surface area contributed by atoms with Gasteiger partial charge in [0.1, 0.15) is 5.76 Å². The number of ether oxygens (including phenoxy) is 1. The van der Waals surface area contributed by atoms with Crippen molar-refractivity contribution in [1.29, 1.82) is 0 Å². The largest absolute Gasteiger partial charge is 0.455 e. The second-order valence-corrected chi connectivity index (χ2v) is 7.59. The highest BCUT2D eigenvalue weighted by atomic mass is 32.2. The number of fused-ring (bicyclic) bond motifs is 1. The maximum absolute atomic E-state index is 12.5. The molecule has 0 aromatic carbocycles. The molecule has 1 N–H and O–H groups in total. The molecule has 3 aliphatic rings. The fourth-order valence-electron chi connectivity index (χ4n) is 4.29. The van der Waals surface area contributed by atoms with E-state index in [1.54, 1.807) is 17.8 Å². The Hall–Kier alpha value is -0.980. The average molecular weight is 336 g/mol. The molecule has 5 nitrogen and oxygen atoms in total. The van der Waals surface area contributed by atoms with Crippen molar-refractivity contribution >= 4 is 17.7 Å². The first-order valence-corrected chi connectivity index (χ1v) is 9.91. The van der Waals surface area contributed by atoms with E-state index in [2.05, 4.69) is 10.2 Å². The number of carbonyl (C=O) groups is 1. The first-order chi connectivity index (χ1) is 11.3. The van der Waals surface area contributed by atoms with Gasteiger partial charge in [-0.05, 0) is 50.7 Å². The van der Waals surface area contributed by atoms with E-state index in [-0.39, 0.29) is 11.9 Å². The van der Waals surface area contributed by atoms with Crippen molar-refractivity contribution in [3.05, 3.63) is 23.7 Å². The third kappa shape index (κ3) is 2.81. The van der Waals surface area contributed by atoms with Crippen molar-refractivity contribution in [3.63, 3.8) is 0 Å². The number of thioether (sulfide) groups is 1. The van der Waals surface area contributed by atoms with Crippen molar-refractivity contribution in [2.24, 2.45) is 5.92 Å². The molecule has 0 bridgehead atoms. The predicted molar refractivity (Wildman–Crippen MR) is 89.6 cm³/mol. The van der Waals surface area contributed by atoms with Crippen LogP contribution in [-0.4, -0.2) is 54.9 Å². The van der Waals surface area contributed by atoms with Gasteiger partial charge in [-0.2, -0.15) is 11.8 Å². The highest BCUT2D eigenvalue weighted by Gasteiger charge is 2.56. The van der Waals surface area contributed by atoms with Gasteiger partial charge in [-0.15, -0.1) is 0 Å². The van der Waals surface area contributed by atoms with E-state index in [0.717, 1.165) is 37.6 Å². The Balaban J connectivity index is 1.44. The van der Waals surface area contributed by atoms with Gasteiger partial charge in [0, 0.05) is 12.5 Å². The number of hydrogen-bond acceptors (Lipinski definition) is 5. The first kappa shape index (κ1) is 15.5. The normalized spacial score (nSPS) is 33.4. The molecule has 3 fully saturated rings. The van der Waals surface area contributed by atoms with Gasteiger partial charge >= 0.3 is 0 Å². The van der Waals surface area contributed by atoms with Crippen molar-refractivity contribution in [3.8, 4) is 0 Å². The molecular formula is C17H24N2O3S. The molecule has 1 aromatic rings.